The second-order valence-corrected chi connectivity index (χ2v) is 5.93. The van der Waals surface area contributed by atoms with Crippen LogP contribution in [0, 0.1) is 0 Å². The summed E-state index contributed by atoms with van der Waals surface area (Å²) in [6, 6.07) is 14.9. The van der Waals surface area contributed by atoms with Gasteiger partial charge in [-0.25, -0.2) is 0 Å². The Hall–Kier alpha value is -2.88. The van der Waals surface area contributed by atoms with E-state index in [1.54, 1.807) is 12.1 Å². The number of hydrogen-bond donors (Lipinski definition) is 2. The molecule has 2 aromatic carbocycles. The van der Waals surface area contributed by atoms with Crippen molar-refractivity contribution < 1.29 is 4.79 Å². The summed E-state index contributed by atoms with van der Waals surface area (Å²) in [6.45, 7) is 4.23. The van der Waals surface area contributed by atoms with Gasteiger partial charge in [-0.05, 0) is 36.1 Å². The predicted octanol–water partition coefficient (Wildman–Crippen LogP) is 4.29. The van der Waals surface area contributed by atoms with Crippen LogP contribution in [-0.4, -0.2) is 10.9 Å². The van der Waals surface area contributed by atoms with Crippen molar-refractivity contribution in [3.8, 4) is 0 Å². The third-order valence-electron chi connectivity index (χ3n) is 4.39. The molecule has 1 aromatic heterocycles. The number of benzene rings is 2. The molecule has 0 radical (unpaired) electrons. The molecule has 24 heavy (non-hydrogen) atoms. The summed E-state index contributed by atoms with van der Waals surface area (Å²) in [6.07, 6.45) is 2.45. The monoisotopic (exact) mass is 320 g/mol. The van der Waals surface area contributed by atoms with Crippen molar-refractivity contribution in [2.45, 2.75) is 26.2 Å². The topological polar surface area (TPSA) is 62.0 Å². The van der Waals surface area contributed by atoms with Crippen LogP contribution in [0.2, 0.25) is 0 Å². The molecule has 0 aliphatic heterocycles. The Balaban J connectivity index is 1.97. The third kappa shape index (κ3) is 2.95. The number of anilines is 1. The van der Waals surface area contributed by atoms with E-state index in [0.717, 1.165) is 23.2 Å². The quantitative estimate of drug-likeness (QED) is 0.753. The molecule has 1 heterocycles. The summed E-state index contributed by atoms with van der Waals surface area (Å²) in [5, 5.41) is 3.40. The summed E-state index contributed by atoms with van der Waals surface area (Å²) in [5.74, 6) is -0.0610. The van der Waals surface area contributed by atoms with Gasteiger partial charge in [0, 0.05) is 22.8 Å². The first-order valence-corrected chi connectivity index (χ1v) is 8.12. The smallest absolute Gasteiger partial charge is 0.261 e. The number of hydrogen-bond acceptors (Lipinski definition) is 2. The van der Waals surface area contributed by atoms with Crippen molar-refractivity contribution in [2.75, 3.05) is 5.32 Å². The molecule has 0 saturated heterocycles. The Bertz CT molecular complexity index is 944. The van der Waals surface area contributed by atoms with Crippen LogP contribution >= 0.6 is 0 Å². The highest BCUT2D eigenvalue weighted by Gasteiger charge is 2.15. The van der Waals surface area contributed by atoms with E-state index >= 15 is 0 Å². The Morgan fingerprint density at radius 3 is 2.62 bits per heavy atom. The molecule has 4 heteroatoms. The van der Waals surface area contributed by atoms with Crippen molar-refractivity contribution in [3.63, 3.8) is 0 Å². The maximum absolute atomic E-state index is 12.6. The van der Waals surface area contributed by atoms with E-state index in [2.05, 4.69) is 24.1 Å². The highest BCUT2D eigenvalue weighted by molar-refractivity contribution is 6.06. The number of aromatic nitrogens is 1. The lowest BCUT2D eigenvalue weighted by Crippen LogP contribution is -2.22. The van der Waals surface area contributed by atoms with Gasteiger partial charge in [0.25, 0.3) is 5.91 Å². The van der Waals surface area contributed by atoms with Crippen LogP contribution in [0.15, 0.2) is 59.5 Å². The molecule has 1 amide bonds. The van der Waals surface area contributed by atoms with Gasteiger partial charge in [0.05, 0.1) is 0 Å². The maximum atomic E-state index is 12.6. The number of carbonyl (C=O) groups excluding carboxylic acids is 1. The highest BCUT2D eigenvalue weighted by atomic mass is 16.2. The van der Waals surface area contributed by atoms with Gasteiger partial charge in [0.2, 0.25) is 5.43 Å². The molecule has 3 aromatic rings. The van der Waals surface area contributed by atoms with E-state index < -0.39 is 5.91 Å². The minimum Gasteiger partial charge on any atom is -0.360 e. The van der Waals surface area contributed by atoms with Gasteiger partial charge in [0.15, 0.2) is 0 Å². The zero-order chi connectivity index (χ0) is 17.1. The number of aromatic amines is 1. The normalized spacial score (nSPS) is 12.1. The second-order valence-electron chi connectivity index (χ2n) is 5.93. The minimum atomic E-state index is -0.391. The molecule has 0 spiro atoms. The standard InChI is InChI=1S/C20H20N2O2/c1-3-13(2)14-8-4-7-11-18(14)22-20(24)16-12-21-17-10-6-5-9-15(17)19(16)23/h4-13H,3H2,1-2H3,(H,21,23)(H,22,24). The van der Waals surface area contributed by atoms with Crippen LogP contribution in [0.5, 0.6) is 0 Å². The van der Waals surface area contributed by atoms with Crippen molar-refractivity contribution >= 4 is 22.5 Å². The average Bonchev–Trinajstić information content (AvgIpc) is 2.62. The van der Waals surface area contributed by atoms with Gasteiger partial charge >= 0.3 is 0 Å². The molecule has 0 bridgehead atoms. The maximum Gasteiger partial charge on any atom is 0.261 e. The van der Waals surface area contributed by atoms with Crippen LogP contribution in [-0.2, 0) is 0 Å². The zero-order valence-electron chi connectivity index (χ0n) is 13.8. The zero-order valence-corrected chi connectivity index (χ0v) is 13.8. The van der Waals surface area contributed by atoms with E-state index in [1.807, 2.05) is 36.4 Å². The lowest BCUT2D eigenvalue weighted by Gasteiger charge is -2.15. The molecular formula is C20H20N2O2. The summed E-state index contributed by atoms with van der Waals surface area (Å²) < 4.78 is 0. The fourth-order valence-electron chi connectivity index (χ4n) is 2.79. The van der Waals surface area contributed by atoms with Crippen molar-refractivity contribution in [1.29, 1.82) is 0 Å². The van der Waals surface area contributed by atoms with E-state index in [4.69, 9.17) is 0 Å². The van der Waals surface area contributed by atoms with E-state index in [0.29, 0.717) is 11.3 Å². The molecule has 0 aliphatic carbocycles. The number of pyridine rings is 1. The minimum absolute atomic E-state index is 0.118. The molecule has 2 N–H and O–H groups in total. The van der Waals surface area contributed by atoms with Gasteiger partial charge in [0.1, 0.15) is 5.56 Å². The first-order valence-electron chi connectivity index (χ1n) is 8.12. The summed E-state index contributed by atoms with van der Waals surface area (Å²) in [5.41, 5.74) is 2.41. The first kappa shape index (κ1) is 16.0. The van der Waals surface area contributed by atoms with E-state index in [-0.39, 0.29) is 11.0 Å². The number of nitrogens with one attached hydrogen (secondary N) is 2. The summed E-state index contributed by atoms with van der Waals surface area (Å²) in [7, 11) is 0. The fraction of sp³-hybridized carbons (Fsp3) is 0.200. The Morgan fingerprint density at radius 1 is 1.12 bits per heavy atom. The Kier molecular flexibility index (Phi) is 4.47. The van der Waals surface area contributed by atoms with Crippen LogP contribution < -0.4 is 10.7 Å². The van der Waals surface area contributed by atoms with Gasteiger partial charge in [-0.2, -0.15) is 0 Å². The van der Waals surface area contributed by atoms with Gasteiger partial charge < -0.3 is 10.3 Å². The third-order valence-corrected chi connectivity index (χ3v) is 4.39. The molecule has 0 fully saturated rings. The molecule has 3 rings (SSSR count). The number of amides is 1. The highest BCUT2D eigenvalue weighted by Crippen LogP contribution is 2.26. The summed E-state index contributed by atoms with van der Waals surface area (Å²) in [4.78, 5) is 28.2. The first-order chi connectivity index (χ1) is 11.6. The molecule has 4 nitrogen and oxygen atoms in total. The number of rotatable bonds is 4. The van der Waals surface area contributed by atoms with Crippen LogP contribution in [0.4, 0.5) is 5.69 Å². The Labute approximate surface area is 140 Å². The largest absolute Gasteiger partial charge is 0.360 e. The molecule has 122 valence electrons. The van der Waals surface area contributed by atoms with Crippen molar-refractivity contribution in [1.82, 2.24) is 4.98 Å². The average molecular weight is 320 g/mol. The number of H-pyrrole nitrogens is 1. The van der Waals surface area contributed by atoms with Gasteiger partial charge in [-0.15, -0.1) is 0 Å². The molecule has 0 aliphatic rings. The number of carbonyl (C=O) groups is 1. The lowest BCUT2D eigenvalue weighted by atomic mass is 9.97. The SMILES string of the molecule is CCC(C)c1ccccc1NC(=O)c1c[nH]c2ccccc2c1=O. The molecule has 0 saturated carbocycles. The predicted molar refractivity (Wildman–Crippen MR) is 97.7 cm³/mol. The van der Waals surface area contributed by atoms with Crippen molar-refractivity contribution in [3.05, 3.63) is 76.1 Å². The van der Waals surface area contributed by atoms with Crippen LogP contribution in [0.1, 0.15) is 42.1 Å². The molecule has 1 unspecified atom stereocenters. The van der Waals surface area contributed by atoms with Crippen LogP contribution in [0.25, 0.3) is 10.9 Å². The van der Waals surface area contributed by atoms with Gasteiger partial charge in [-0.3, -0.25) is 9.59 Å². The van der Waals surface area contributed by atoms with E-state index in [9.17, 15) is 9.59 Å². The van der Waals surface area contributed by atoms with Crippen LogP contribution in [0.3, 0.4) is 0 Å². The molecule has 1 atom stereocenters. The Morgan fingerprint density at radius 2 is 1.83 bits per heavy atom. The number of fused-ring (bicyclic) bond motifs is 1. The lowest BCUT2D eigenvalue weighted by molar-refractivity contribution is 0.102. The van der Waals surface area contributed by atoms with Crippen molar-refractivity contribution in [2.24, 2.45) is 0 Å². The fourth-order valence-corrected chi connectivity index (χ4v) is 2.79. The number of para-hydroxylation sites is 2. The summed E-state index contributed by atoms with van der Waals surface area (Å²) >= 11 is 0. The van der Waals surface area contributed by atoms with E-state index in [1.165, 1.54) is 6.20 Å². The molecular weight excluding hydrogens is 300 g/mol. The second kappa shape index (κ2) is 6.71. The van der Waals surface area contributed by atoms with Gasteiger partial charge in [-0.1, -0.05) is 44.2 Å².